The summed E-state index contributed by atoms with van der Waals surface area (Å²) in [7, 11) is -4.01. The van der Waals surface area contributed by atoms with Crippen LogP contribution in [0.2, 0.25) is 0 Å². The summed E-state index contributed by atoms with van der Waals surface area (Å²) in [5, 5.41) is 19.3. The molecule has 146 valence electrons. The number of hydrogen-bond donors (Lipinski definition) is 2. The highest BCUT2D eigenvalue weighted by Crippen LogP contribution is 2.27. The number of rotatable bonds is 6. The molecule has 0 unspecified atom stereocenters. The van der Waals surface area contributed by atoms with E-state index in [1.54, 1.807) is 0 Å². The topological polar surface area (TPSA) is 120 Å². The number of nitro groups is 1. The second kappa shape index (κ2) is 7.45. The van der Waals surface area contributed by atoms with Gasteiger partial charge in [-0.3, -0.25) is 10.1 Å². The molecule has 0 aliphatic carbocycles. The first kappa shape index (κ1) is 19.6. The van der Waals surface area contributed by atoms with Crippen molar-refractivity contribution in [3.8, 4) is 5.69 Å². The minimum atomic E-state index is -4.01. The molecule has 3 N–H and O–H groups in total. The third-order valence-electron chi connectivity index (χ3n) is 4.44. The van der Waals surface area contributed by atoms with Crippen molar-refractivity contribution in [1.82, 2.24) is 4.57 Å². The first-order valence-electron chi connectivity index (χ1n) is 8.46. The molecule has 2 aromatic carbocycles. The van der Waals surface area contributed by atoms with Gasteiger partial charge < -0.3 is 9.88 Å². The Bertz CT molecular complexity index is 1120. The van der Waals surface area contributed by atoms with Crippen LogP contribution in [0, 0.1) is 24.0 Å². The fraction of sp³-hybridized carbons (Fsp3) is 0.158. The largest absolute Gasteiger partial charge is 0.375 e. The highest BCUT2D eigenvalue weighted by atomic mass is 32.2. The lowest BCUT2D eigenvalue weighted by molar-refractivity contribution is -0.384. The van der Waals surface area contributed by atoms with E-state index < -0.39 is 14.9 Å². The lowest BCUT2D eigenvalue weighted by atomic mass is 10.2. The zero-order valence-electron chi connectivity index (χ0n) is 15.4. The van der Waals surface area contributed by atoms with Crippen molar-refractivity contribution in [3.63, 3.8) is 0 Å². The van der Waals surface area contributed by atoms with E-state index in [0.29, 0.717) is 6.54 Å². The fourth-order valence-corrected chi connectivity index (χ4v) is 3.56. The number of primary sulfonamides is 1. The molecule has 9 heteroatoms. The molecule has 0 fully saturated rings. The van der Waals surface area contributed by atoms with E-state index in [0.717, 1.165) is 28.7 Å². The van der Waals surface area contributed by atoms with Crippen LogP contribution in [0.4, 0.5) is 11.4 Å². The van der Waals surface area contributed by atoms with Crippen LogP contribution >= 0.6 is 0 Å². The van der Waals surface area contributed by atoms with Crippen LogP contribution in [0.3, 0.4) is 0 Å². The summed E-state index contributed by atoms with van der Waals surface area (Å²) in [4.78, 5) is 10.3. The van der Waals surface area contributed by atoms with E-state index in [1.807, 2.05) is 38.1 Å². The van der Waals surface area contributed by atoms with Crippen LogP contribution in [-0.2, 0) is 16.6 Å². The first-order chi connectivity index (χ1) is 13.2. The summed E-state index contributed by atoms with van der Waals surface area (Å²) < 4.78 is 24.9. The van der Waals surface area contributed by atoms with Crippen molar-refractivity contribution >= 4 is 21.4 Å². The Kier molecular flexibility index (Phi) is 5.21. The molecule has 0 saturated heterocycles. The van der Waals surface area contributed by atoms with E-state index in [9.17, 15) is 18.5 Å². The molecule has 3 aromatic rings. The molecular formula is C19H20N4O4S. The number of aromatic nitrogens is 1. The first-order valence-corrected chi connectivity index (χ1v) is 10.0. The average Bonchev–Trinajstić information content (AvgIpc) is 2.98. The quantitative estimate of drug-likeness (QED) is 0.486. The van der Waals surface area contributed by atoms with E-state index in [-0.39, 0.29) is 16.3 Å². The lowest BCUT2D eigenvalue weighted by Crippen LogP contribution is -2.13. The highest BCUT2D eigenvalue weighted by Gasteiger charge is 2.18. The van der Waals surface area contributed by atoms with Gasteiger partial charge in [-0.1, -0.05) is 12.1 Å². The molecular weight excluding hydrogens is 380 g/mol. The van der Waals surface area contributed by atoms with Gasteiger partial charge in [0.05, 0.1) is 9.82 Å². The zero-order valence-corrected chi connectivity index (χ0v) is 16.2. The van der Waals surface area contributed by atoms with Crippen molar-refractivity contribution in [2.24, 2.45) is 5.14 Å². The van der Waals surface area contributed by atoms with Gasteiger partial charge in [-0.05, 0) is 55.8 Å². The molecule has 8 nitrogen and oxygen atoms in total. The molecule has 1 aromatic heterocycles. The van der Waals surface area contributed by atoms with Crippen LogP contribution < -0.4 is 10.5 Å². The van der Waals surface area contributed by atoms with Crippen molar-refractivity contribution in [2.45, 2.75) is 25.3 Å². The van der Waals surface area contributed by atoms with Gasteiger partial charge in [0.1, 0.15) is 5.69 Å². The number of nitrogens with zero attached hydrogens (tertiary/aromatic N) is 2. The Morgan fingerprint density at radius 3 is 2.18 bits per heavy atom. The van der Waals surface area contributed by atoms with Crippen LogP contribution in [0.1, 0.15) is 17.0 Å². The van der Waals surface area contributed by atoms with E-state index in [1.165, 1.54) is 12.1 Å². The van der Waals surface area contributed by atoms with Crippen molar-refractivity contribution in [3.05, 3.63) is 81.7 Å². The van der Waals surface area contributed by atoms with Gasteiger partial charge in [-0.2, -0.15) is 0 Å². The Labute approximate surface area is 162 Å². The predicted molar refractivity (Wildman–Crippen MR) is 107 cm³/mol. The zero-order chi connectivity index (χ0) is 20.5. The standard InChI is InChI=1S/C19H20N4O4S/c1-13-3-4-14(2)22(13)16-7-5-15(6-8-16)12-21-18-10-9-17(28(20,26)27)11-19(18)23(24)25/h3-11,21H,12H2,1-2H3,(H2,20,26,27). The molecule has 28 heavy (non-hydrogen) atoms. The highest BCUT2D eigenvalue weighted by molar-refractivity contribution is 7.89. The second-order valence-electron chi connectivity index (χ2n) is 6.45. The summed E-state index contributed by atoms with van der Waals surface area (Å²) >= 11 is 0. The maximum absolute atomic E-state index is 11.4. The second-order valence-corrected chi connectivity index (χ2v) is 8.01. The monoisotopic (exact) mass is 400 g/mol. The van der Waals surface area contributed by atoms with Crippen molar-refractivity contribution in [1.29, 1.82) is 0 Å². The van der Waals surface area contributed by atoms with Crippen LogP contribution in [0.15, 0.2) is 59.5 Å². The van der Waals surface area contributed by atoms with Gasteiger partial charge in [0.15, 0.2) is 0 Å². The van der Waals surface area contributed by atoms with Gasteiger partial charge in [0.25, 0.3) is 5.69 Å². The van der Waals surface area contributed by atoms with Crippen LogP contribution in [-0.4, -0.2) is 17.9 Å². The maximum atomic E-state index is 11.4. The van der Waals surface area contributed by atoms with Gasteiger partial charge in [0.2, 0.25) is 10.0 Å². The SMILES string of the molecule is Cc1ccc(C)n1-c1ccc(CNc2ccc(S(N)(=O)=O)cc2[N+](=O)[O-])cc1. The third-order valence-corrected chi connectivity index (χ3v) is 5.35. The molecule has 0 amide bonds. The summed E-state index contributed by atoms with van der Waals surface area (Å²) in [5.74, 6) is 0. The molecule has 0 aliphatic rings. The van der Waals surface area contributed by atoms with E-state index in [4.69, 9.17) is 5.14 Å². The van der Waals surface area contributed by atoms with E-state index >= 15 is 0 Å². The molecule has 0 aliphatic heterocycles. The van der Waals surface area contributed by atoms with Gasteiger partial charge >= 0.3 is 0 Å². The molecule has 1 heterocycles. The van der Waals surface area contributed by atoms with Gasteiger partial charge in [-0.15, -0.1) is 0 Å². The van der Waals surface area contributed by atoms with Crippen LogP contribution in [0.25, 0.3) is 5.69 Å². The average molecular weight is 400 g/mol. The molecule has 3 rings (SSSR count). The minimum Gasteiger partial charge on any atom is -0.375 e. The Morgan fingerprint density at radius 1 is 1.04 bits per heavy atom. The number of aryl methyl sites for hydroxylation is 2. The van der Waals surface area contributed by atoms with Gasteiger partial charge in [-0.25, -0.2) is 13.6 Å². The minimum absolute atomic E-state index is 0.221. The summed E-state index contributed by atoms with van der Waals surface area (Å²) in [5.41, 5.74) is 4.10. The Balaban J connectivity index is 1.80. The van der Waals surface area contributed by atoms with E-state index in [2.05, 4.69) is 22.0 Å². The number of nitrogens with two attached hydrogens (primary N) is 1. The molecule has 0 bridgehead atoms. The number of nitro benzene ring substituents is 1. The van der Waals surface area contributed by atoms with Crippen LogP contribution in [0.5, 0.6) is 0 Å². The third kappa shape index (κ3) is 4.05. The Morgan fingerprint density at radius 2 is 1.64 bits per heavy atom. The van der Waals surface area contributed by atoms with Crippen molar-refractivity contribution in [2.75, 3.05) is 5.32 Å². The maximum Gasteiger partial charge on any atom is 0.293 e. The molecule has 0 saturated carbocycles. The van der Waals surface area contributed by atoms with Gasteiger partial charge in [0, 0.05) is 29.7 Å². The summed E-state index contributed by atoms with van der Waals surface area (Å²) in [6.07, 6.45) is 0. The smallest absolute Gasteiger partial charge is 0.293 e. The number of sulfonamides is 1. The van der Waals surface area contributed by atoms with Crippen molar-refractivity contribution < 1.29 is 13.3 Å². The normalized spacial score (nSPS) is 11.4. The molecule has 0 radical (unpaired) electrons. The molecule has 0 spiro atoms. The predicted octanol–water partition coefficient (Wildman–Crippen LogP) is 3.26. The summed E-state index contributed by atoms with van der Waals surface area (Å²) in [6, 6.07) is 15.5. The molecule has 0 atom stereocenters. The Hall–Kier alpha value is -3.17. The number of benzene rings is 2. The summed E-state index contributed by atoms with van der Waals surface area (Å²) in [6.45, 7) is 4.42. The fourth-order valence-electron chi connectivity index (χ4n) is 3.02. The number of anilines is 1. The number of nitrogens with one attached hydrogen (secondary N) is 1. The lowest BCUT2D eigenvalue weighted by Gasteiger charge is -2.11. The number of hydrogen-bond acceptors (Lipinski definition) is 5.